The van der Waals surface area contributed by atoms with Gasteiger partial charge in [-0.2, -0.15) is 0 Å². The smallest absolute Gasteiger partial charge is 0.177 e. The van der Waals surface area contributed by atoms with E-state index >= 15 is 0 Å². The summed E-state index contributed by atoms with van der Waals surface area (Å²) in [5.74, 6) is -0.519. The van der Waals surface area contributed by atoms with E-state index in [2.05, 4.69) is 5.32 Å². The van der Waals surface area contributed by atoms with Crippen LogP contribution in [0.4, 0.5) is 10.1 Å². The summed E-state index contributed by atoms with van der Waals surface area (Å²) in [6, 6.07) is 8.47. The van der Waals surface area contributed by atoms with Crippen molar-refractivity contribution < 1.29 is 12.8 Å². The van der Waals surface area contributed by atoms with E-state index in [1.165, 1.54) is 6.07 Å². The average molecular weight is 348 g/mol. The second-order valence-electron chi connectivity index (χ2n) is 4.54. The minimum atomic E-state index is -3.45. The SMILES string of the molecule is CS(=O)(=O)c1ccc(F)cc1NCc1cc(Cl)cc(Cl)c1. The standard InChI is InChI=1S/C14H12Cl2FNO2S/c1-21(19,20)14-3-2-12(17)7-13(14)18-8-9-4-10(15)6-11(16)5-9/h2-7,18H,8H2,1H3. The molecule has 21 heavy (non-hydrogen) atoms. The predicted molar refractivity (Wildman–Crippen MR) is 83.3 cm³/mol. The fourth-order valence-electron chi connectivity index (χ4n) is 1.87. The average Bonchev–Trinajstić information content (AvgIpc) is 2.33. The molecule has 0 aliphatic carbocycles. The first-order valence-electron chi connectivity index (χ1n) is 5.94. The van der Waals surface area contributed by atoms with Crippen LogP contribution in [-0.2, 0) is 16.4 Å². The molecule has 0 spiro atoms. The van der Waals surface area contributed by atoms with E-state index in [1.54, 1.807) is 18.2 Å². The molecule has 0 bridgehead atoms. The number of benzene rings is 2. The third-order valence-electron chi connectivity index (χ3n) is 2.75. The van der Waals surface area contributed by atoms with Crippen molar-refractivity contribution in [1.82, 2.24) is 0 Å². The molecule has 2 rings (SSSR count). The molecule has 0 radical (unpaired) electrons. The first kappa shape index (κ1) is 16.1. The van der Waals surface area contributed by atoms with E-state index in [-0.39, 0.29) is 17.1 Å². The van der Waals surface area contributed by atoms with Crippen molar-refractivity contribution in [1.29, 1.82) is 0 Å². The molecule has 0 unspecified atom stereocenters. The molecular formula is C14H12Cl2FNO2S. The molecule has 0 saturated carbocycles. The summed E-state index contributed by atoms with van der Waals surface area (Å²) >= 11 is 11.8. The largest absolute Gasteiger partial charge is 0.380 e. The van der Waals surface area contributed by atoms with Crippen LogP contribution in [0.5, 0.6) is 0 Å². The van der Waals surface area contributed by atoms with Crippen LogP contribution >= 0.6 is 23.2 Å². The molecular weight excluding hydrogens is 336 g/mol. The van der Waals surface area contributed by atoms with Gasteiger partial charge in [0.25, 0.3) is 0 Å². The number of hydrogen-bond donors (Lipinski definition) is 1. The summed E-state index contributed by atoms with van der Waals surface area (Å²) in [5, 5.41) is 3.84. The lowest BCUT2D eigenvalue weighted by atomic mass is 10.2. The Morgan fingerprint density at radius 1 is 1.10 bits per heavy atom. The lowest BCUT2D eigenvalue weighted by Gasteiger charge is -2.11. The van der Waals surface area contributed by atoms with Crippen LogP contribution in [0.3, 0.4) is 0 Å². The summed E-state index contributed by atoms with van der Waals surface area (Å²) in [4.78, 5) is 0.0389. The Morgan fingerprint density at radius 3 is 2.29 bits per heavy atom. The molecule has 112 valence electrons. The molecule has 0 heterocycles. The highest BCUT2D eigenvalue weighted by atomic mass is 35.5. The van der Waals surface area contributed by atoms with E-state index in [0.717, 1.165) is 24.0 Å². The number of halogens is 3. The number of nitrogens with one attached hydrogen (secondary N) is 1. The second-order valence-corrected chi connectivity index (χ2v) is 7.40. The van der Waals surface area contributed by atoms with Crippen LogP contribution in [0, 0.1) is 5.82 Å². The van der Waals surface area contributed by atoms with Crippen LogP contribution in [0.25, 0.3) is 0 Å². The second kappa shape index (κ2) is 6.22. The number of rotatable bonds is 4. The van der Waals surface area contributed by atoms with Gasteiger partial charge in [0.05, 0.1) is 10.6 Å². The molecule has 2 aromatic rings. The monoisotopic (exact) mass is 347 g/mol. The minimum absolute atomic E-state index is 0.0389. The van der Waals surface area contributed by atoms with E-state index < -0.39 is 15.7 Å². The van der Waals surface area contributed by atoms with E-state index in [0.29, 0.717) is 10.0 Å². The van der Waals surface area contributed by atoms with Gasteiger partial charge in [0, 0.05) is 22.8 Å². The molecule has 0 fully saturated rings. The van der Waals surface area contributed by atoms with Crippen molar-refractivity contribution in [2.45, 2.75) is 11.4 Å². The number of anilines is 1. The highest BCUT2D eigenvalue weighted by molar-refractivity contribution is 7.90. The molecule has 0 aliphatic rings. The van der Waals surface area contributed by atoms with Gasteiger partial charge in [-0.05, 0) is 42.0 Å². The van der Waals surface area contributed by atoms with Crippen LogP contribution in [-0.4, -0.2) is 14.7 Å². The highest BCUT2D eigenvalue weighted by Gasteiger charge is 2.14. The zero-order chi connectivity index (χ0) is 15.6. The molecule has 0 saturated heterocycles. The summed E-state index contributed by atoms with van der Waals surface area (Å²) < 4.78 is 36.7. The van der Waals surface area contributed by atoms with Gasteiger partial charge in [-0.1, -0.05) is 23.2 Å². The zero-order valence-electron chi connectivity index (χ0n) is 11.0. The van der Waals surface area contributed by atoms with E-state index in [1.807, 2.05) is 0 Å². The quantitative estimate of drug-likeness (QED) is 0.845. The topological polar surface area (TPSA) is 46.2 Å². The Kier molecular flexibility index (Phi) is 4.76. The van der Waals surface area contributed by atoms with Crippen LogP contribution in [0.2, 0.25) is 10.0 Å². The normalized spacial score (nSPS) is 11.4. The van der Waals surface area contributed by atoms with Crippen LogP contribution in [0.1, 0.15) is 5.56 Å². The van der Waals surface area contributed by atoms with Crippen molar-refractivity contribution in [3.8, 4) is 0 Å². The van der Waals surface area contributed by atoms with E-state index in [9.17, 15) is 12.8 Å². The summed E-state index contributed by atoms with van der Waals surface area (Å²) in [5.41, 5.74) is 0.963. The van der Waals surface area contributed by atoms with Gasteiger partial charge in [-0.3, -0.25) is 0 Å². The molecule has 0 aromatic heterocycles. The van der Waals surface area contributed by atoms with Crippen LogP contribution < -0.4 is 5.32 Å². The van der Waals surface area contributed by atoms with Gasteiger partial charge >= 0.3 is 0 Å². The van der Waals surface area contributed by atoms with E-state index in [4.69, 9.17) is 23.2 Å². The van der Waals surface area contributed by atoms with Gasteiger partial charge in [-0.25, -0.2) is 12.8 Å². The summed E-state index contributed by atoms with van der Waals surface area (Å²) in [6.45, 7) is 0.270. The molecule has 0 atom stereocenters. The third-order valence-corrected chi connectivity index (χ3v) is 4.34. The van der Waals surface area contributed by atoms with Crippen LogP contribution in [0.15, 0.2) is 41.3 Å². The fourth-order valence-corrected chi connectivity index (χ4v) is 3.29. The van der Waals surface area contributed by atoms with Gasteiger partial charge in [0.15, 0.2) is 9.84 Å². The fraction of sp³-hybridized carbons (Fsp3) is 0.143. The minimum Gasteiger partial charge on any atom is -0.380 e. The predicted octanol–water partition coefficient (Wildman–Crippen LogP) is 4.15. The third kappa shape index (κ3) is 4.33. The molecule has 2 aromatic carbocycles. The van der Waals surface area contributed by atoms with Crippen molar-refractivity contribution in [3.05, 3.63) is 57.8 Å². The van der Waals surface area contributed by atoms with Crippen molar-refractivity contribution >= 4 is 38.7 Å². The Morgan fingerprint density at radius 2 is 1.71 bits per heavy atom. The highest BCUT2D eigenvalue weighted by Crippen LogP contribution is 2.24. The molecule has 0 amide bonds. The van der Waals surface area contributed by atoms with Crippen molar-refractivity contribution in [3.63, 3.8) is 0 Å². The number of sulfone groups is 1. The lowest BCUT2D eigenvalue weighted by molar-refractivity contribution is 0.600. The summed E-state index contributed by atoms with van der Waals surface area (Å²) in [6.07, 6.45) is 1.07. The maximum atomic E-state index is 13.3. The Bertz CT molecular complexity index is 758. The molecule has 0 aliphatic heterocycles. The first-order valence-corrected chi connectivity index (χ1v) is 8.59. The van der Waals surface area contributed by atoms with Gasteiger partial charge in [-0.15, -0.1) is 0 Å². The Balaban J connectivity index is 2.29. The molecule has 1 N–H and O–H groups in total. The van der Waals surface area contributed by atoms with Gasteiger partial charge in [0.1, 0.15) is 5.82 Å². The van der Waals surface area contributed by atoms with Gasteiger partial charge in [0.2, 0.25) is 0 Å². The summed E-state index contributed by atoms with van der Waals surface area (Å²) in [7, 11) is -3.45. The van der Waals surface area contributed by atoms with Gasteiger partial charge < -0.3 is 5.32 Å². The van der Waals surface area contributed by atoms with Crippen molar-refractivity contribution in [2.75, 3.05) is 11.6 Å². The Labute approximate surface area is 132 Å². The van der Waals surface area contributed by atoms with Crippen molar-refractivity contribution in [2.24, 2.45) is 0 Å². The Hall–Kier alpha value is -1.30. The maximum Gasteiger partial charge on any atom is 0.177 e. The molecule has 7 heteroatoms. The lowest BCUT2D eigenvalue weighted by Crippen LogP contribution is -2.06. The maximum absolute atomic E-state index is 13.3. The zero-order valence-corrected chi connectivity index (χ0v) is 13.4. The number of hydrogen-bond acceptors (Lipinski definition) is 3. The molecule has 3 nitrogen and oxygen atoms in total. The first-order chi connectivity index (χ1) is 9.75.